The highest BCUT2D eigenvalue weighted by atomic mass is 32.2. The number of hydrogen-bond acceptors (Lipinski definition) is 5. The summed E-state index contributed by atoms with van der Waals surface area (Å²) in [4.78, 5) is 16.0. The number of halogens is 2. The Kier molecular flexibility index (Phi) is 5.01. The molecule has 1 aromatic carbocycles. The first-order chi connectivity index (χ1) is 13.9. The van der Waals surface area contributed by atoms with E-state index < -0.39 is 26.6 Å². The number of nitrogens with zero attached hydrogens (tertiary/aromatic N) is 4. The van der Waals surface area contributed by atoms with Crippen molar-refractivity contribution in [2.75, 3.05) is 6.54 Å². The van der Waals surface area contributed by atoms with Gasteiger partial charge in [0.15, 0.2) is 5.82 Å². The van der Waals surface area contributed by atoms with Crippen molar-refractivity contribution in [3.63, 3.8) is 0 Å². The van der Waals surface area contributed by atoms with Crippen LogP contribution < -0.4 is 10.4 Å². The Hall–Kier alpha value is -2.92. The molecule has 11 heteroatoms. The fourth-order valence-electron chi connectivity index (χ4n) is 2.97. The Labute approximate surface area is 164 Å². The van der Waals surface area contributed by atoms with Crippen LogP contribution in [-0.2, 0) is 16.6 Å². The molecule has 0 saturated heterocycles. The van der Waals surface area contributed by atoms with Gasteiger partial charge in [0.1, 0.15) is 16.5 Å². The lowest BCUT2D eigenvalue weighted by atomic mass is 10.3. The molecule has 0 spiro atoms. The zero-order valence-electron chi connectivity index (χ0n) is 15.1. The van der Waals surface area contributed by atoms with Gasteiger partial charge in [0.05, 0.1) is 6.54 Å². The quantitative estimate of drug-likeness (QED) is 0.626. The van der Waals surface area contributed by atoms with Crippen molar-refractivity contribution in [1.82, 2.24) is 24.1 Å². The smallest absolute Gasteiger partial charge is 0.272 e. The molecule has 0 amide bonds. The molecule has 2 heterocycles. The molecule has 29 heavy (non-hydrogen) atoms. The topological polar surface area (TPSA) is 98.9 Å². The van der Waals surface area contributed by atoms with Crippen LogP contribution in [0.15, 0.2) is 52.4 Å². The molecule has 3 aromatic rings. The lowest BCUT2D eigenvalue weighted by Crippen LogP contribution is -2.32. The van der Waals surface area contributed by atoms with E-state index in [1.165, 1.54) is 0 Å². The van der Waals surface area contributed by atoms with Gasteiger partial charge in [-0.05, 0) is 43.2 Å². The first kappa shape index (κ1) is 19.4. The average Bonchev–Trinajstić information content (AvgIpc) is 3.48. The molecule has 0 atom stereocenters. The fraction of sp³-hybridized carbons (Fsp3) is 0.278. The zero-order valence-corrected chi connectivity index (χ0v) is 15.9. The molecular formula is C18H17F2N5O3S. The Morgan fingerprint density at radius 1 is 1.21 bits per heavy atom. The maximum Gasteiger partial charge on any atom is 0.346 e. The van der Waals surface area contributed by atoms with E-state index in [0.717, 1.165) is 29.7 Å². The van der Waals surface area contributed by atoms with Gasteiger partial charge >= 0.3 is 5.69 Å². The second kappa shape index (κ2) is 7.48. The fourth-order valence-corrected chi connectivity index (χ4v) is 4.07. The number of hydrogen-bond donors (Lipinski definition) is 1. The summed E-state index contributed by atoms with van der Waals surface area (Å²) in [5.74, 6) is -1.47. The number of sulfonamides is 1. The standard InChI is InChI=1S/C18H17F2N5O3S/c19-13-3-6-15(20)16(10-13)29(27,28)22-8-9-24-18(26)25(14-4-5-14)17(23-24)12-2-1-7-21-11-12/h1-3,6-7,10-11,14,22H,4-5,8-9H2. The Morgan fingerprint density at radius 3 is 2.69 bits per heavy atom. The highest BCUT2D eigenvalue weighted by molar-refractivity contribution is 7.89. The van der Waals surface area contributed by atoms with E-state index in [1.54, 1.807) is 29.1 Å². The Bertz CT molecular complexity index is 1200. The highest BCUT2D eigenvalue weighted by Crippen LogP contribution is 2.36. The zero-order chi connectivity index (χ0) is 20.6. The molecular weight excluding hydrogens is 404 g/mol. The van der Waals surface area contributed by atoms with Gasteiger partial charge in [-0.3, -0.25) is 9.55 Å². The van der Waals surface area contributed by atoms with Crippen molar-refractivity contribution in [2.24, 2.45) is 0 Å². The summed E-state index contributed by atoms with van der Waals surface area (Å²) in [6.07, 6.45) is 4.94. The molecule has 4 rings (SSSR count). The molecule has 1 aliphatic rings. The maximum absolute atomic E-state index is 13.8. The van der Waals surface area contributed by atoms with Gasteiger partial charge in [0.2, 0.25) is 10.0 Å². The summed E-state index contributed by atoms with van der Waals surface area (Å²) in [5.41, 5.74) is 0.320. The third-order valence-electron chi connectivity index (χ3n) is 4.50. The number of nitrogens with one attached hydrogen (secondary N) is 1. The molecule has 1 aliphatic carbocycles. The minimum atomic E-state index is -4.28. The minimum absolute atomic E-state index is 0.0598. The molecule has 1 fully saturated rings. The van der Waals surface area contributed by atoms with Crippen LogP contribution in [0.2, 0.25) is 0 Å². The monoisotopic (exact) mass is 421 g/mol. The Morgan fingerprint density at radius 2 is 2.00 bits per heavy atom. The number of aromatic nitrogens is 4. The van der Waals surface area contributed by atoms with Crippen LogP contribution in [0.5, 0.6) is 0 Å². The first-order valence-electron chi connectivity index (χ1n) is 8.91. The second-order valence-corrected chi connectivity index (χ2v) is 8.38. The molecule has 0 bridgehead atoms. The molecule has 1 saturated carbocycles. The third-order valence-corrected chi connectivity index (χ3v) is 5.98. The number of benzene rings is 1. The van der Waals surface area contributed by atoms with Crippen LogP contribution in [0.25, 0.3) is 11.4 Å². The van der Waals surface area contributed by atoms with E-state index in [0.29, 0.717) is 17.5 Å². The van der Waals surface area contributed by atoms with E-state index in [1.807, 2.05) is 0 Å². The predicted octanol–water partition coefficient (Wildman–Crippen LogP) is 1.70. The van der Waals surface area contributed by atoms with Crippen LogP contribution in [0.4, 0.5) is 8.78 Å². The molecule has 8 nitrogen and oxygen atoms in total. The van der Waals surface area contributed by atoms with Crippen molar-refractivity contribution in [1.29, 1.82) is 0 Å². The highest BCUT2D eigenvalue weighted by Gasteiger charge is 2.30. The predicted molar refractivity (Wildman–Crippen MR) is 99.5 cm³/mol. The van der Waals surface area contributed by atoms with Crippen molar-refractivity contribution in [2.45, 2.75) is 30.3 Å². The van der Waals surface area contributed by atoms with Crippen LogP contribution >= 0.6 is 0 Å². The van der Waals surface area contributed by atoms with Crippen LogP contribution in [0, 0.1) is 11.6 Å². The second-order valence-electron chi connectivity index (χ2n) is 6.64. The summed E-state index contributed by atoms with van der Waals surface area (Å²) >= 11 is 0. The van der Waals surface area contributed by atoms with Gasteiger partial charge in [-0.1, -0.05) is 0 Å². The largest absolute Gasteiger partial charge is 0.346 e. The van der Waals surface area contributed by atoms with Gasteiger partial charge in [0.25, 0.3) is 0 Å². The van der Waals surface area contributed by atoms with Gasteiger partial charge in [0, 0.05) is 30.5 Å². The van der Waals surface area contributed by atoms with Gasteiger partial charge in [-0.15, -0.1) is 5.10 Å². The minimum Gasteiger partial charge on any atom is -0.272 e. The van der Waals surface area contributed by atoms with Crippen molar-refractivity contribution in [3.05, 3.63) is 64.8 Å². The van der Waals surface area contributed by atoms with Crippen LogP contribution in [0.3, 0.4) is 0 Å². The number of pyridine rings is 1. The number of rotatable bonds is 7. The van der Waals surface area contributed by atoms with Crippen molar-refractivity contribution >= 4 is 10.0 Å². The summed E-state index contributed by atoms with van der Waals surface area (Å²) < 4.78 is 56.5. The van der Waals surface area contributed by atoms with Crippen molar-refractivity contribution < 1.29 is 17.2 Å². The maximum atomic E-state index is 13.8. The molecule has 1 N–H and O–H groups in total. The van der Waals surface area contributed by atoms with Gasteiger partial charge < -0.3 is 0 Å². The SMILES string of the molecule is O=c1n(CCNS(=O)(=O)c2cc(F)ccc2F)nc(-c2cccnc2)n1C1CC1. The molecule has 2 aromatic heterocycles. The Balaban J connectivity index is 1.55. The van der Waals surface area contributed by atoms with E-state index in [2.05, 4.69) is 14.8 Å². The normalized spacial score (nSPS) is 14.3. The van der Waals surface area contributed by atoms with Crippen LogP contribution in [0.1, 0.15) is 18.9 Å². The summed E-state index contributed by atoms with van der Waals surface area (Å²) in [6.45, 7) is -0.283. The van der Waals surface area contributed by atoms with Gasteiger partial charge in [-0.2, -0.15) is 0 Å². The lowest BCUT2D eigenvalue weighted by Gasteiger charge is -2.07. The van der Waals surface area contributed by atoms with E-state index in [4.69, 9.17) is 0 Å². The van der Waals surface area contributed by atoms with Gasteiger partial charge in [-0.25, -0.2) is 31.4 Å². The summed E-state index contributed by atoms with van der Waals surface area (Å²) in [6, 6.07) is 5.76. The third kappa shape index (κ3) is 3.96. The van der Waals surface area contributed by atoms with E-state index in [-0.39, 0.29) is 24.8 Å². The molecule has 0 aliphatic heterocycles. The lowest BCUT2D eigenvalue weighted by molar-refractivity contribution is 0.531. The average molecular weight is 421 g/mol. The molecule has 0 radical (unpaired) electrons. The summed E-state index contributed by atoms with van der Waals surface area (Å²) in [5, 5.41) is 4.32. The molecule has 152 valence electrons. The van der Waals surface area contributed by atoms with E-state index >= 15 is 0 Å². The van der Waals surface area contributed by atoms with Crippen LogP contribution in [-0.4, -0.2) is 34.3 Å². The van der Waals surface area contributed by atoms with E-state index in [9.17, 15) is 22.0 Å². The summed E-state index contributed by atoms with van der Waals surface area (Å²) in [7, 11) is -4.28. The molecule has 0 unspecified atom stereocenters. The first-order valence-corrected chi connectivity index (χ1v) is 10.4. The van der Waals surface area contributed by atoms with Crippen molar-refractivity contribution in [3.8, 4) is 11.4 Å².